The van der Waals surface area contributed by atoms with E-state index in [2.05, 4.69) is 27.5 Å². The second kappa shape index (κ2) is 7.43. The van der Waals surface area contributed by atoms with Crippen LogP contribution in [0.1, 0.15) is 31.2 Å². The molecular formula is C14H19BrN2O2S. The largest absolute Gasteiger partial charge is 0.310 e. The Kier molecular flexibility index (Phi) is 5.86. The van der Waals surface area contributed by atoms with E-state index in [1.54, 1.807) is 6.07 Å². The fourth-order valence-electron chi connectivity index (χ4n) is 2.61. The van der Waals surface area contributed by atoms with E-state index < -0.39 is 0 Å². The standard InChI is InChI=1S/C14H19BrN2O2S/c1-20-14-4-2-12(3-5-14)16-9-10-6-11(15)8-13(7-10)17(18)19/h6-8,12,14,16H,2-5,9H2,1H3. The molecule has 0 saturated heterocycles. The molecular weight excluding hydrogens is 340 g/mol. The van der Waals surface area contributed by atoms with Crippen LogP contribution in [0.4, 0.5) is 5.69 Å². The fourth-order valence-corrected chi connectivity index (χ4v) is 3.88. The summed E-state index contributed by atoms with van der Waals surface area (Å²) in [4.78, 5) is 10.5. The van der Waals surface area contributed by atoms with E-state index in [1.807, 2.05) is 17.8 Å². The lowest BCUT2D eigenvalue weighted by atomic mass is 9.95. The number of hydrogen-bond acceptors (Lipinski definition) is 4. The smallest absolute Gasteiger partial charge is 0.270 e. The van der Waals surface area contributed by atoms with Gasteiger partial charge in [0, 0.05) is 34.4 Å². The molecule has 1 N–H and O–H groups in total. The minimum absolute atomic E-state index is 0.141. The maximum Gasteiger partial charge on any atom is 0.270 e. The lowest BCUT2D eigenvalue weighted by Crippen LogP contribution is -2.33. The highest BCUT2D eigenvalue weighted by Gasteiger charge is 2.20. The van der Waals surface area contributed by atoms with Crippen LogP contribution in [-0.4, -0.2) is 22.5 Å². The molecule has 1 aliphatic rings. The first-order valence-corrected chi connectivity index (χ1v) is 8.86. The molecule has 1 aromatic rings. The number of nitrogens with zero attached hydrogens (tertiary/aromatic N) is 1. The highest BCUT2D eigenvalue weighted by Crippen LogP contribution is 2.27. The summed E-state index contributed by atoms with van der Waals surface area (Å²) < 4.78 is 0.759. The molecule has 4 nitrogen and oxygen atoms in total. The molecule has 0 heterocycles. The molecule has 6 heteroatoms. The van der Waals surface area contributed by atoms with Crippen LogP contribution in [0, 0.1) is 10.1 Å². The molecule has 1 fully saturated rings. The molecule has 0 unspecified atom stereocenters. The van der Waals surface area contributed by atoms with Gasteiger partial charge in [-0.1, -0.05) is 15.9 Å². The summed E-state index contributed by atoms with van der Waals surface area (Å²) in [5.41, 5.74) is 1.10. The SMILES string of the molecule is CSC1CCC(NCc2cc(Br)cc([N+](=O)[O-])c2)CC1. The first-order chi connectivity index (χ1) is 9.58. The second-order valence-corrected chi connectivity index (χ2v) is 7.22. The Morgan fingerprint density at radius 1 is 1.35 bits per heavy atom. The van der Waals surface area contributed by atoms with Gasteiger partial charge in [0.15, 0.2) is 0 Å². The number of hydrogen-bond donors (Lipinski definition) is 1. The van der Waals surface area contributed by atoms with Crippen LogP contribution in [0.25, 0.3) is 0 Å². The fraction of sp³-hybridized carbons (Fsp3) is 0.571. The normalized spacial score (nSPS) is 22.7. The van der Waals surface area contributed by atoms with Crippen LogP contribution in [0.3, 0.4) is 0 Å². The van der Waals surface area contributed by atoms with Crippen molar-refractivity contribution in [2.24, 2.45) is 0 Å². The van der Waals surface area contributed by atoms with Gasteiger partial charge in [-0.25, -0.2) is 0 Å². The molecule has 0 spiro atoms. The van der Waals surface area contributed by atoms with Gasteiger partial charge in [0.1, 0.15) is 0 Å². The Balaban J connectivity index is 1.89. The molecule has 2 rings (SSSR count). The van der Waals surface area contributed by atoms with Crippen molar-refractivity contribution in [3.63, 3.8) is 0 Å². The van der Waals surface area contributed by atoms with Crippen molar-refractivity contribution in [2.45, 2.75) is 43.5 Å². The summed E-state index contributed by atoms with van der Waals surface area (Å²) >= 11 is 5.29. The van der Waals surface area contributed by atoms with Crippen molar-refractivity contribution in [1.82, 2.24) is 5.32 Å². The lowest BCUT2D eigenvalue weighted by Gasteiger charge is -2.28. The van der Waals surface area contributed by atoms with E-state index in [9.17, 15) is 10.1 Å². The van der Waals surface area contributed by atoms with Crippen molar-refractivity contribution in [3.05, 3.63) is 38.3 Å². The first kappa shape index (κ1) is 15.8. The van der Waals surface area contributed by atoms with E-state index in [-0.39, 0.29) is 10.6 Å². The molecule has 0 radical (unpaired) electrons. The van der Waals surface area contributed by atoms with Gasteiger partial charge in [-0.3, -0.25) is 10.1 Å². The second-order valence-electron chi connectivity index (χ2n) is 5.17. The van der Waals surface area contributed by atoms with E-state index in [0.717, 1.165) is 15.3 Å². The first-order valence-electron chi connectivity index (χ1n) is 6.78. The average molecular weight is 359 g/mol. The van der Waals surface area contributed by atoms with Crippen molar-refractivity contribution in [1.29, 1.82) is 0 Å². The minimum atomic E-state index is -0.349. The maximum atomic E-state index is 10.8. The molecule has 1 saturated carbocycles. The minimum Gasteiger partial charge on any atom is -0.310 e. The van der Waals surface area contributed by atoms with Gasteiger partial charge in [0.2, 0.25) is 0 Å². The van der Waals surface area contributed by atoms with Gasteiger partial charge in [-0.2, -0.15) is 11.8 Å². The Hall–Kier alpha value is -0.590. The molecule has 0 bridgehead atoms. The molecule has 20 heavy (non-hydrogen) atoms. The summed E-state index contributed by atoms with van der Waals surface area (Å²) in [6, 6.07) is 5.66. The lowest BCUT2D eigenvalue weighted by molar-refractivity contribution is -0.385. The van der Waals surface area contributed by atoms with Crippen LogP contribution in [-0.2, 0) is 6.54 Å². The third-order valence-corrected chi connectivity index (χ3v) is 5.35. The zero-order valence-electron chi connectivity index (χ0n) is 11.5. The highest BCUT2D eigenvalue weighted by molar-refractivity contribution is 9.10. The van der Waals surface area contributed by atoms with E-state index in [1.165, 1.54) is 31.7 Å². The van der Waals surface area contributed by atoms with Crippen molar-refractivity contribution in [3.8, 4) is 0 Å². The molecule has 0 atom stereocenters. The summed E-state index contributed by atoms with van der Waals surface area (Å²) in [7, 11) is 0. The topological polar surface area (TPSA) is 55.2 Å². The monoisotopic (exact) mass is 358 g/mol. The highest BCUT2D eigenvalue weighted by atomic mass is 79.9. The van der Waals surface area contributed by atoms with E-state index >= 15 is 0 Å². The van der Waals surface area contributed by atoms with Gasteiger partial charge < -0.3 is 5.32 Å². The molecule has 1 aliphatic carbocycles. The molecule has 1 aromatic carbocycles. The van der Waals surface area contributed by atoms with E-state index in [0.29, 0.717) is 12.6 Å². The number of nitro benzene ring substituents is 1. The van der Waals surface area contributed by atoms with Crippen molar-refractivity contribution < 1.29 is 4.92 Å². The number of thioether (sulfide) groups is 1. The van der Waals surface area contributed by atoms with Gasteiger partial charge >= 0.3 is 0 Å². The summed E-state index contributed by atoms with van der Waals surface area (Å²) in [6.07, 6.45) is 7.09. The molecule has 0 amide bonds. The Bertz CT molecular complexity index is 476. The van der Waals surface area contributed by atoms with Crippen LogP contribution in [0.2, 0.25) is 0 Å². The molecule has 110 valence electrons. The van der Waals surface area contributed by atoms with Crippen LogP contribution < -0.4 is 5.32 Å². The zero-order chi connectivity index (χ0) is 14.5. The Morgan fingerprint density at radius 2 is 2.05 bits per heavy atom. The quantitative estimate of drug-likeness (QED) is 0.635. The number of halogens is 1. The Morgan fingerprint density at radius 3 is 2.65 bits per heavy atom. The Labute approximate surface area is 132 Å². The number of nitrogens with one attached hydrogen (secondary N) is 1. The van der Waals surface area contributed by atoms with Crippen LogP contribution in [0.15, 0.2) is 22.7 Å². The van der Waals surface area contributed by atoms with Gasteiger partial charge in [-0.15, -0.1) is 0 Å². The van der Waals surface area contributed by atoms with Gasteiger partial charge in [0.25, 0.3) is 5.69 Å². The number of rotatable bonds is 5. The molecule has 0 aliphatic heterocycles. The van der Waals surface area contributed by atoms with Crippen LogP contribution in [0.5, 0.6) is 0 Å². The zero-order valence-corrected chi connectivity index (χ0v) is 13.9. The number of nitro groups is 1. The van der Waals surface area contributed by atoms with Crippen molar-refractivity contribution >= 4 is 33.4 Å². The third kappa shape index (κ3) is 4.46. The average Bonchev–Trinajstić information content (AvgIpc) is 2.45. The van der Waals surface area contributed by atoms with E-state index in [4.69, 9.17) is 0 Å². The predicted octanol–water partition coefficient (Wildman–Crippen LogP) is 4.12. The van der Waals surface area contributed by atoms with Gasteiger partial charge in [0.05, 0.1) is 4.92 Å². The third-order valence-electron chi connectivity index (χ3n) is 3.76. The number of benzene rings is 1. The molecule has 0 aromatic heterocycles. The van der Waals surface area contributed by atoms with Gasteiger partial charge in [-0.05, 0) is 43.6 Å². The summed E-state index contributed by atoms with van der Waals surface area (Å²) in [6.45, 7) is 0.689. The predicted molar refractivity (Wildman–Crippen MR) is 87.2 cm³/mol. The summed E-state index contributed by atoms with van der Waals surface area (Å²) in [5, 5.41) is 15.2. The summed E-state index contributed by atoms with van der Waals surface area (Å²) in [5.74, 6) is 0. The van der Waals surface area contributed by atoms with Crippen molar-refractivity contribution in [2.75, 3.05) is 6.26 Å². The maximum absolute atomic E-state index is 10.8. The number of non-ortho nitro benzene ring substituents is 1. The van der Waals surface area contributed by atoms with Crippen LogP contribution >= 0.6 is 27.7 Å².